The summed E-state index contributed by atoms with van der Waals surface area (Å²) in [6.07, 6.45) is 0.289. The van der Waals surface area contributed by atoms with Gasteiger partial charge in [-0.1, -0.05) is 0 Å². The number of halogens is 1. The van der Waals surface area contributed by atoms with E-state index in [2.05, 4.69) is 36.2 Å². The van der Waals surface area contributed by atoms with E-state index in [9.17, 15) is 19.5 Å². The second-order valence-electron chi connectivity index (χ2n) is 6.73. The third kappa shape index (κ3) is 6.68. The Morgan fingerprint density at radius 3 is 2.48 bits per heavy atom. The van der Waals surface area contributed by atoms with Crippen molar-refractivity contribution >= 4 is 41.2 Å². The lowest BCUT2D eigenvalue weighted by Gasteiger charge is -2.25. The molecule has 0 aliphatic carbocycles. The van der Waals surface area contributed by atoms with E-state index in [0.717, 1.165) is 0 Å². The van der Waals surface area contributed by atoms with Crippen LogP contribution in [-0.4, -0.2) is 68.6 Å². The van der Waals surface area contributed by atoms with Gasteiger partial charge >= 0.3 is 0 Å². The lowest BCUT2D eigenvalue weighted by Crippen LogP contribution is -2.58. The normalized spacial score (nSPS) is 25.0. The molecule has 2 bridgehead atoms. The van der Waals surface area contributed by atoms with Gasteiger partial charge in [0, 0.05) is 6.54 Å². The molecule has 29 heavy (non-hydrogen) atoms. The first-order valence-electron chi connectivity index (χ1n) is 9.17. The van der Waals surface area contributed by atoms with Crippen molar-refractivity contribution in [2.75, 3.05) is 17.2 Å². The minimum Gasteiger partial charge on any atom is -0.391 e. The zero-order valence-corrected chi connectivity index (χ0v) is 16.9. The molecule has 1 aliphatic heterocycles. The molecule has 160 valence electrons. The molecule has 0 unspecified atom stereocenters. The summed E-state index contributed by atoms with van der Waals surface area (Å²) in [4.78, 5) is 48.7. The van der Waals surface area contributed by atoms with Crippen LogP contribution in [0.25, 0.3) is 0 Å². The van der Waals surface area contributed by atoms with Crippen molar-refractivity contribution in [3.8, 4) is 0 Å². The van der Waals surface area contributed by atoms with Crippen LogP contribution in [0.15, 0.2) is 0 Å². The Labute approximate surface area is 172 Å². The Bertz CT molecular complexity index is 762. The van der Waals surface area contributed by atoms with Crippen molar-refractivity contribution in [3.63, 3.8) is 0 Å². The summed E-state index contributed by atoms with van der Waals surface area (Å²) in [7, 11) is 0. The summed E-state index contributed by atoms with van der Waals surface area (Å²) in [5.41, 5.74) is 5.37. The van der Waals surface area contributed by atoms with E-state index >= 15 is 0 Å². The Hall–Kier alpha value is -2.73. The monoisotopic (exact) mass is 428 g/mol. The fourth-order valence-electron chi connectivity index (χ4n) is 2.66. The van der Waals surface area contributed by atoms with Gasteiger partial charge in [0.2, 0.25) is 34.9 Å². The van der Waals surface area contributed by atoms with E-state index in [4.69, 9.17) is 17.3 Å². The van der Waals surface area contributed by atoms with Crippen LogP contribution < -0.4 is 27.0 Å². The molecule has 12 nitrogen and oxygen atoms in total. The molecule has 0 spiro atoms. The molecule has 2 rings (SSSR count). The van der Waals surface area contributed by atoms with Crippen molar-refractivity contribution in [3.05, 3.63) is 5.28 Å². The number of anilines is 2. The van der Waals surface area contributed by atoms with Crippen molar-refractivity contribution < 1.29 is 19.5 Å². The van der Waals surface area contributed by atoms with Gasteiger partial charge in [-0.05, 0) is 44.7 Å². The van der Waals surface area contributed by atoms with Gasteiger partial charge in [0.15, 0.2) is 0 Å². The number of nitrogens with zero attached hydrogens (tertiary/aromatic N) is 3. The fourth-order valence-corrected chi connectivity index (χ4v) is 2.82. The number of rotatable bonds is 2. The third-order valence-electron chi connectivity index (χ3n) is 4.27. The van der Waals surface area contributed by atoms with Crippen LogP contribution in [0.2, 0.25) is 5.28 Å². The first-order chi connectivity index (χ1) is 13.7. The number of nitrogens with two attached hydrogens (primary N) is 1. The quantitative estimate of drug-likeness (QED) is 0.335. The Kier molecular flexibility index (Phi) is 7.91. The topological polar surface area (TPSA) is 184 Å². The average molecular weight is 429 g/mol. The molecule has 0 fully saturated rings. The van der Waals surface area contributed by atoms with Crippen LogP contribution in [0.5, 0.6) is 0 Å². The largest absolute Gasteiger partial charge is 0.391 e. The number of carbonyl (C=O) groups is 3. The van der Waals surface area contributed by atoms with Crippen LogP contribution in [0, 0.1) is 0 Å². The van der Waals surface area contributed by atoms with Crippen LogP contribution in [-0.2, 0) is 14.4 Å². The van der Waals surface area contributed by atoms with Crippen molar-refractivity contribution in [2.45, 2.75) is 57.3 Å². The number of amides is 3. The van der Waals surface area contributed by atoms with E-state index in [0.29, 0.717) is 25.8 Å². The van der Waals surface area contributed by atoms with Gasteiger partial charge in [-0.15, -0.1) is 0 Å². The smallest absolute Gasteiger partial charge is 0.245 e. The molecule has 0 saturated carbocycles. The summed E-state index contributed by atoms with van der Waals surface area (Å²) in [6, 6.07) is -3.07. The Balaban J connectivity index is 2.28. The maximum Gasteiger partial charge on any atom is 0.245 e. The summed E-state index contributed by atoms with van der Waals surface area (Å²) < 4.78 is 0. The summed E-state index contributed by atoms with van der Waals surface area (Å²) >= 11 is 5.90. The van der Waals surface area contributed by atoms with Crippen molar-refractivity contribution in [1.29, 1.82) is 0 Å². The summed E-state index contributed by atoms with van der Waals surface area (Å²) in [5.74, 6) is -1.70. The van der Waals surface area contributed by atoms with Crippen molar-refractivity contribution in [2.24, 2.45) is 5.73 Å². The molecule has 13 heteroatoms. The maximum atomic E-state index is 12.5. The summed E-state index contributed by atoms with van der Waals surface area (Å²) in [6.45, 7) is 3.35. The first kappa shape index (κ1) is 22.6. The van der Waals surface area contributed by atoms with Gasteiger partial charge in [-0.2, -0.15) is 15.0 Å². The van der Waals surface area contributed by atoms with Crippen LogP contribution in [0.1, 0.15) is 33.1 Å². The van der Waals surface area contributed by atoms with Crippen LogP contribution in [0.3, 0.4) is 0 Å². The number of carbonyl (C=O) groups excluding carboxylic acids is 3. The molecule has 3 amide bonds. The molecule has 1 aromatic rings. The molecule has 0 aromatic carbocycles. The number of hydrogen-bond acceptors (Lipinski definition) is 9. The minimum absolute atomic E-state index is 0.0613. The van der Waals surface area contributed by atoms with Gasteiger partial charge in [-0.25, -0.2) is 0 Å². The molecule has 7 N–H and O–H groups in total. The predicted octanol–water partition coefficient (Wildman–Crippen LogP) is -1.24. The van der Waals surface area contributed by atoms with E-state index in [-0.39, 0.29) is 17.2 Å². The van der Waals surface area contributed by atoms with Gasteiger partial charge in [0.1, 0.15) is 18.1 Å². The molecule has 2 heterocycles. The molecule has 0 radical (unpaired) electrons. The molecule has 4 atom stereocenters. The van der Waals surface area contributed by atoms with Crippen LogP contribution >= 0.6 is 11.6 Å². The Morgan fingerprint density at radius 2 is 1.83 bits per heavy atom. The number of aliphatic hydroxyl groups is 1. The highest BCUT2D eigenvalue weighted by molar-refractivity contribution is 6.28. The standard InChI is InChI=1S/C16H25ClN8O4/c1-7-12(28)22-10(8(2)26)13(29)21-9(11(18)27)5-3-4-6-19-15-23-14(17)24-16(20-7)25-15/h7-10,26H,3-6H2,1-2H3,(H2,18,27)(H,21,29)(H,22,28)(H2,19,20,23,24,25)/t7-,8+,9+,10-/m0/s1. The number of primary amides is 1. The SMILES string of the molecule is C[C@@H]1Nc2nc(Cl)nc(n2)NCCCC[C@H](C(N)=O)NC(=O)[C@H]([C@@H](C)O)NC1=O. The lowest BCUT2D eigenvalue weighted by molar-refractivity contribution is -0.133. The summed E-state index contributed by atoms with van der Waals surface area (Å²) in [5, 5.41) is 20.6. The average Bonchev–Trinajstić information content (AvgIpc) is 2.62. The molecule has 1 aromatic heterocycles. The number of aliphatic hydroxyl groups excluding tert-OH is 1. The predicted molar refractivity (Wildman–Crippen MR) is 105 cm³/mol. The third-order valence-corrected chi connectivity index (χ3v) is 4.44. The maximum absolute atomic E-state index is 12.5. The highest BCUT2D eigenvalue weighted by atomic mass is 35.5. The van der Waals surface area contributed by atoms with E-state index < -0.39 is 42.0 Å². The lowest BCUT2D eigenvalue weighted by atomic mass is 10.1. The molecule has 0 saturated heterocycles. The number of fused-ring (bicyclic) bond motifs is 2. The zero-order chi connectivity index (χ0) is 21.6. The zero-order valence-electron chi connectivity index (χ0n) is 16.1. The highest BCUT2D eigenvalue weighted by Crippen LogP contribution is 2.12. The van der Waals surface area contributed by atoms with Crippen molar-refractivity contribution in [1.82, 2.24) is 25.6 Å². The molecular weight excluding hydrogens is 404 g/mol. The fraction of sp³-hybridized carbons (Fsp3) is 0.625. The first-order valence-corrected chi connectivity index (χ1v) is 9.55. The van der Waals surface area contributed by atoms with Gasteiger partial charge < -0.3 is 32.1 Å². The minimum atomic E-state index is -1.28. The number of nitrogens with one attached hydrogen (secondary N) is 4. The van der Waals surface area contributed by atoms with E-state index in [1.807, 2.05) is 0 Å². The van der Waals surface area contributed by atoms with Gasteiger partial charge in [0.25, 0.3) is 0 Å². The second-order valence-corrected chi connectivity index (χ2v) is 7.07. The second kappa shape index (κ2) is 10.2. The van der Waals surface area contributed by atoms with Gasteiger partial charge in [-0.3, -0.25) is 14.4 Å². The van der Waals surface area contributed by atoms with E-state index in [1.165, 1.54) is 13.8 Å². The van der Waals surface area contributed by atoms with E-state index in [1.54, 1.807) is 0 Å². The Morgan fingerprint density at radius 1 is 1.14 bits per heavy atom. The number of hydrogen-bond donors (Lipinski definition) is 6. The van der Waals surface area contributed by atoms with Crippen LogP contribution in [0.4, 0.5) is 11.9 Å². The molecule has 1 aliphatic rings. The highest BCUT2D eigenvalue weighted by Gasteiger charge is 2.30. The van der Waals surface area contributed by atoms with Gasteiger partial charge in [0.05, 0.1) is 6.10 Å². The molecular formula is C16H25ClN8O4. The number of aromatic nitrogens is 3.